The van der Waals surface area contributed by atoms with E-state index < -0.39 is 0 Å². The first-order valence-corrected chi connectivity index (χ1v) is 4.44. The molecule has 0 aliphatic heterocycles. The molecule has 1 aromatic carbocycles. The Labute approximate surface area is 56.7 Å². The van der Waals surface area contributed by atoms with E-state index in [2.05, 4.69) is 29.4 Å². The molecule has 1 rings (SSSR count). The quantitative estimate of drug-likeness (QED) is 0.578. The fraction of sp³-hybridized carbons (Fsp3) is 0. The summed E-state index contributed by atoms with van der Waals surface area (Å²) in [4.78, 5) is 0. The van der Waals surface area contributed by atoms with Crippen molar-refractivity contribution >= 4 is 9.27 Å². The molecule has 8 heavy (non-hydrogen) atoms. The molecule has 0 spiro atoms. The summed E-state index contributed by atoms with van der Waals surface area (Å²) in [5, 5.41) is 3.85. The van der Waals surface area contributed by atoms with E-state index in [1.807, 2.05) is 6.07 Å². The van der Waals surface area contributed by atoms with Crippen LogP contribution in [0.5, 0.6) is 0 Å². The molecule has 0 fully saturated rings. The van der Waals surface area contributed by atoms with Gasteiger partial charge in [0.15, 0.2) is 0 Å². The number of hydrogen-bond acceptors (Lipinski definition) is 0. The van der Waals surface area contributed by atoms with Crippen molar-refractivity contribution in [3.8, 4) is 0 Å². The van der Waals surface area contributed by atoms with Crippen LogP contribution in [-0.2, 0) is 16.7 Å². The Bertz CT molecular complexity index is 167. The Balaban J connectivity index is 2.99. The summed E-state index contributed by atoms with van der Waals surface area (Å²) >= 11 is 0.210. The number of rotatable bonds is 1. The van der Waals surface area contributed by atoms with Gasteiger partial charge >= 0.3 is 56.3 Å². The van der Waals surface area contributed by atoms with Gasteiger partial charge in [0, 0.05) is 0 Å². The Morgan fingerprint density at radius 2 is 1.75 bits per heavy atom. The molecule has 0 amide bonds. The normalized spacial score (nSPS) is 9.00. The van der Waals surface area contributed by atoms with Gasteiger partial charge in [0.2, 0.25) is 0 Å². The standard InChI is InChI=1S/C6H5.CH2.Ru/c1-2-4-6-5-3-1;;/h1-5H;1H2;. The van der Waals surface area contributed by atoms with Gasteiger partial charge in [-0.2, -0.15) is 0 Å². The number of hydrogen-bond donors (Lipinski definition) is 0. The van der Waals surface area contributed by atoms with Gasteiger partial charge in [0.05, 0.1) is 0 Å². The van der Waals surface area contributed by atoms with Crippen LogP contribution in [-0.4, -0.2) is 5.11 Å². The molecular weight excluding hydrogens is 185 g/mol. The molecule has 0 saturated carbocycles. The van der Waals surface area contributed by atoms with Gasteiger partial charge in [-0.25, -0.2) is 0 Å². The fourth-order valence-corrected chi connectivity index (χ4v) is 1.24. The summed E-state index contributed by atoms with van der Waals surface area (Å²) in [6.45, 7) is 0. The minimum atomic E-state index is 0.210. The van der Waals surface area contributed by atoms with E-state index in [0.717, 1.165) is 0 Å². The molecule has 1 heteroatoms. The maximum absolute atomic E-state index is 3.85. The van der Waals surface area contributed by atoms with Crippen molar-refractivity contribution in [2.24, 2.45) is 0 Å². The average Bonchev–Trinajstić information content (AvgIpc) is 1.90. The predicted molar refractivity (Wildman–Crippen MR) is 33.2 cm³/mol. The van der Waals surface area contributed by atoms with E-state index in [-0.39, 0.29) is 16.7 Å². The summed E-state index contributed by atoms with van der Waals surface area (Å²) in [7, 11) is 0. The molecule has 0 atom stereocenters. The van der Waals surface area contributed by atoms with E-state index in [9.17, 15) is 0 Å². The second-order valence-electron chi connectivity index (χ2n) is 1.41. The van der Waals surface area contributed by atoms with Crippen LogP contribution in [0.25, 0.3) is 0 Å². The van der Waals surface area contributed by atoms with Gasteiger partial charge in [0.1, 0.15) is 0 Å². The van der Waals surface area contributed by atoms with Crippen molar-refractivity contribution < 1.29 is 16.7 Å². The minimum absolute atomic E-state index is 0.210. The first-order chi connectivity index (χ1) is 3.93. The van der Waals surface area contributed by atoms with Crippen LogP contribution >= 0.6 is 0 Å². The fourth-order valence-electron chi connectivity index (χ4n) is 0.493. The molecule has 0 N–H and O–H groups in total. The van der Waals surface area contributed by atoms with Gasteiger partial charge in [-0.05, 0) is 0 Å². The Kier molecular flexibility index (Phi) is 2.11. The molecule has 0 aliphatic rings. The van der Waals surface area contributed by atoms with Gasteiger partial charge in [-0.15, -0.1) is 0 Å². The maximum atomic E-state index is 3.85. The van der Waals surface area contributed by atoms with Gasteiger partial charge in [-0.3, -0.25) is 0 Å². The van der Waals surface area contributed by atoms with Crippen molar-refractivity contribution in [1.29, 1.82) is 0 Å². The monoisotopic (exact) mass is 193 g/mol. The third kappa shape index (κ3) is 1.35. The summed E-state index contributed by atoms with van der Waals surface area (Å²) in [6.07, 6.45) is 0. The van der Waals surface area contributed by atoms with Crippen LogP contribution in [0.4, 0.5) is 0 Å². The first kappa shape index (κ1) is 5.84. The van der Waals surface area contributed by atoms with Crippen LogP contribution < -0.4 is 4.16 Å². The molecule has 1 aromatic rings. The van der Waals surface area contributed by atoms with Crippen molar-refractivity contribution in [2.45, 2.75) is 0 Å². The zero-order valence-corrected chi connectivity index (χ0v) is 6.19. The Morgan fingerprint density at radius 1 is 1.12 bits per heavy atom. The molecule has 0 radical (unpaired) electrons. The van der Waals surface area contributed by atoms with E-state index in [4.69, 9.17) is 0 Å². The molecule has 0 aliphatic carbocycles. The predicted octanol–water partition coefficient (Wildman–Crippen LogP) is 0.826. The second-order valence-corrected chi connectivity index (χ2v) is 3.02. The van der Waals surface area contributed by atoms with E-state index >= 15 is 0 Å². The van der Waals surface area contributed by atoms with Crippen molar-refractivity contribution in [2.75, 3.05) is 0 Å². The number of benzene rings is 1. The third-order valence-corrected chi connectivity index (χ3v) is 2.16. The molecule has 0 bridgehead atoms. The van der Waals surface area contributed by atoms with Crippen molar-refractivity contribution in [3.63, 3.8) is 0 Å². The Morgan fingerprint density at radius 3 is 2.12 bits per heavy atom. The molecule has 0 aromatic heterocycles. The van der Waals surface area contributed by atoms with E-state index in [0.29, 0.717) is 0 Å². The van der Waals surface area contributed by atoms with Gasteiger partial charge < -0.3 is 0 Å². The average molecular weight is 192 g/mol. The van der Waals surface area contributed by atoms with Crippen LogP contribution in [0, 0.1) is 0 Å². The topological polar surface area (TPSA) is 0 Å². The summed E-state index contributed by atoms with van der Waals surface area (Å²) in [6, 6.07) is 10.4. The SMILES string of the molecule is [CH2]=[Ru][c]1ccccc1. The molecule has 0 unspecified atom stereocenters. The van der Waals surface area contributed by atoms with Gasteiger partial charge in [0.25, 0.3) is 0 Å². The van der Waals surface area contributed by atoms with Gasteiger partial charge in [-0.1, -0.05) is 0 Å². The second kappa shape index (κ2) is 2.89. The zero-order valence-electron chi connectivity index (χ0n) is 4.45. The molecule has 0 saturated heterocycles. The summed E-state index contributed by atoms with van der Waals surface area (Å²) < 4.78 is 1.39. The molecule has 43 valence electrons. The summed E-state index contributed by atoms with van der Waals surface area (Å²) in [5.74, 6) is 0. The molecule has 0 heterocycles. The van der Waals surface area contributed by atoms with Crippen LogP contribution in [0.2, 0.25) is 0 Å². The third-order valence-electron chi connectivity index (χ3n) is 0.869. The first-order valence-electron chi connectivity index (χ1n) is 2.34. The van der Waals surface area contributed by atoms with Crippen LogP contribution in [0.1, 0.15) is 0 Å². The van der Waals surface area contributed by atoms with E-state index in [1.165, 1.54) is 4.16 Å². The van der Waals surface area contributed by atoms with E-state index in [1.54, 1.807) is 0 Å². The Hall–Kier alpha value is -0.287. The van der Waals surface area contributed by atoms with Crippen molar-refractivity contribution in [1.82, 2.24) is 0 Å². The molecular formula is C7H7Ru. The van der Waals surface area contributed by atoms with Crippen LogP contribution in [0.3, 0.4) is 0 Å². The summed E-state index contributed by atoms with van der Waals surface area (Å²) in [5.41, 5.74) is 0. The zero-order chi connectivity index (χ0) is 5.82. The van der Waals surface area contributed by atoms with Crippen molar-refractivity contribution in [3.05, 3.63) is 30.3 Å². The molecule has 0 nitrogen and oxygen atoms in total. The van der Waals surface area contributed by atoms with Crippen LogP contribution in [0.15, 0.2) is 30.3 Å².